The minimum absolute atomic E-state index is 0.196. The van der Waals surface area contributed by atoms with Crippen LogP contribution in [0.25, 0.3) is 10.9 Å². The number of methoxy groups -OCH3 is 1. The number of hydrogen-bond acceptors (Lipinski definition) is 3. The molecule has 0 radical (unpaired) electrons. The molecule has 5 nitrogen and oxygen atoms in total. The Kier molecular flexibility index (Phi) is 6.63. The van der Waals surface area contributed by atoms with Crippen molar-refractivity contribution in [3.63, 3.8) is 0 Å². The molecule has 0 bridgehead atoms. The van der Waals surface area contributed by atoms with Crippen molar-refractivity contribution in [1.29, 1.82) is 0 Å². The van der Waals surface area contributed by atoms with Gasteiger partial charge in [0.2, 0.25) is 10.0 Å². The maximum absolute atomic E-state index is 12.7. The summed E-state index contributed by atoms with van der Waals surface area (Å²) in [5.41, 5.74) is 3.67. The van der Waals surface area contributed by atoms with Gasteiger partial charge in [0.05, 0.1) is 12.0 Å². The molecule has 166 valence electrons. The van der Waals surface area contributed by atoms with E-state index in [1.165, 1.54) is 22.0 Å². The summed E-state index contributed by atoms with van der Waals surface area (Å²) in [5.74, 6) is 0.629. The third kappa shape index (κ3) is 5.03. The SMILES string of the molecule is COc1ccc(S(=O)(=O)NC(C)CCc2cn(Cc3ccccc3)c3ccccc23)cc1. The van der Waals surface area contributed by atoms with Crippen LogP contribution in [0.15, 0.2) is 90.0 Å². The number of aryl methyl sites for hydroxylation is 1. The first-order valence-corrected chi connectivity index (χ1v) is 12.2. The fourth-order valence-corrected chi connectivity index (χ4v) is 5.23. The van der Waals surface area contributed by atoms with Crippen LogP contribution >= 0.6 is 0 Å². The van der Waals surface area contributed by atoms with E-state index < -0.39 is 10.0 Å². The molecule has 4 aromatic rings. The topological polar surface area (TPSA) is 60.3 Å². The van der Waals surface area contributed by atoms with Crippen LogP contribution in [0, 0.1) is 0 Å². The molecule has 0 saturated carbocycles. The number of ether oxygens (including phenoxy) is 1. The number of nitrogens with zero attached hydrogens (tertiary/aromatic N) is 1. The largest absolute Gasteiger partial charge is 0.497 e. The fourth-order valence-electron chi connectivity index (χ4n) is 3.95. The van der Waals surface area contributed by atoms with Gasteiger partial charge in [-0.05, 0) is 61.2 Å². The first-order chi connectivity index (χ1) is 15.5. The van der Waals surface area contributed by atoms with Crippen molar-refractivity contribution in [3.8, 4) is 5.75 Å². The molecule has 0 aliphatic heterocycles. The number of fused-ring (bicyclic) bond motifs is 1. The first kappa shape index (κ1) is 22.1. The van der Waals surface area contributed by atoms with Crippen LogP contribution in [-0.2, 0) is 23.0 Å². The molecule has 0 spiro atoms. The molecule has 6 heteroatoms. The Bertz CT molecular complexity index is 1280. The van der Waals surface area contributed by atoms with Crippen molar-refractivity contribution in [2.75, 3.05) is 7.11 Å². The molecule has 1 aromatic heterocycles. The molecule has 1 N–H and O–H groups in total. The Hall–Kier alpha value is -3.09. The van der Waals surface area contributed by atoms with Crippen molar-refractivity contribution in [1.82, 2.24) is 9.29 Å². The third-order valence-electron chi connectivity index (χ3n) is 5.64. The second-order valence-corrected chi connectivity index (χ2v) is 9.74. The molecule has 32 heavy (non-hydrogen) atoms. The number of nitrogens with one attached hydrogen (secondary N) is 1. The van der Waals surface area contributed by atoms with E-state index in [1.54, 1.807) is 31.4 Å². The van der Waals surface area contributed by atoms with Crippen molar-refractivity contribution in [2.45, 2.75) is 37.2 Å². The summed E-state index contributed by atoms with van der Waals surface area (Å²) in [6.45, 7) is 2.71. The number of hydrogen-bond donors (Lipinski definition) is 1. The third-order valence-corrected chi connectivity index (χ3v) is 7.25. The van der Waals surface area contributed by atoms with E-state index >= 15 is 0 Å². The molecular weight excluding hydrogens is 420 g/mol. The Balaban J connectivity index is 1.46. The van der Waals surface area contributed by atoms with Crippen LogP contribution in [0.1, 0.15) is 24.5 Å². The second-order valence-electron chi connectivity index (χ2n) is 8.02. The van der Waals surface area contributed by atoms with E-state index in [9.17, 15) is 8.42 Å². The van der Waals surface area contributed by atoms with Gasteiger partial charge < -0.3 is 9.30 Å². The number of para-hydroxylation sites is 1. The van der Waals surface area contributed by atoms with Gasteiger partial charge in [-0.3, -0.25) is 0 Å². The Morgan fingerprint density at radius 2 is 1.62 bits per heavy atom. The van der Waals surface area contributed by atoms with Gasteiger partial charge in [0.25, 0.3) is 0 Å². The summed E-state index contributed by atoms with van der Waals surface area (Å²) in [6.07, 6.45) is 3.69. The average Bonchev–Trinajstić information content (AvgIpc) is 3.15. The average molecular weight is 449 g/mol. The Morgan fingerprint density at radius 3 is 2.34 bits per heavy atom. The lowest BCUT2D eigenvalue weighted by Crippen LogP contribution is -2.32. The summed E-state index contributed by atoms with van der Waals surface area (Å²) < 4.78 is 35.6. The second kappa shape index (κ2) is 9.59. The molecule has 0 amide bonds. The van der Waals surface area contributed by atoms with Gasteiger partial charge in [0, 0.05) is 29.7 Å². The highest BCUT2D eigenvalue weighted by Gasteiger charge is 2.18. The zero-order chi connectivity index (χ0) is 22.6. The van der Waals surface area contributed by atoms with Gasteiger partial charge in [-0.25, -0.2) is 13.1 Å². The van der Waals surface area contributed by atoms with Crippen molar-refractivity contribution in [2.24, 2.45) is 0 Å². The van der Waals surface area contributed by atoms with Crippen molar-refractivity contribution >= 4 is 20.9 Å². The summed E-state index contributed by atoms with van der Waals surface area (Å²) >= 11 is 0. The van der Waals surface area contributed by atoms with E-state index in [-0.39, 0.29) is 10.9 Å². The zero-order valence-corrected chi connectivity index (χ0v) is 19.2. The number of rotatable bonds is 9. The molecule has 1 heterocycles. The van der Waals surface area contributed by atoms with Gasteiger partial charge in [0.15, 0.2) is 0 Å². The van der Waals surface area contributed by atoms with Crippen LogP contribution < -0.4 is 9.46 Å². The van der Waals surface area contributed by atoms with Crippen molar-refractivity contribution in [3.05, 3.63) is 96.2 Å². The van der Waals surface area contributed by atoms with E-state index in [0.717, 1.165) is 13.0 Å². The minimum atomic E-state index is -3.58. The maximum Gasteiger partial charge on any atom is 0.240 e. The predicted octanol–water partition coefficient (Wildman–Crippen LogP) is 5.00. The molecule has 1 unspecified atom stereocenters. The lowest BCUT2D eigenvalue weighted by atomic mass is 10.1. The van der Waals surface area contributed by atoms with Crippen LogP contribution in [-0.4, -0.2) is 26.1 Å². The minimum Gasteiger partial charge on any atom is -0.497 e. The highest BCUT2D eigenvalue weighted by atomic mass is 32.2. The highest BCUT2D eigenvalue weighted by Crippen LogP contribution is 2.24. The van der Waals surface area contributed by atoms with Gasteiger partial charge in [-0.1, -0.05) is 48.5 Å². The Morgan fingerprint density at radius 1 is 0.938 bits per heavy atom. The molecule has 4 rings (SSSR count). The van der Waals surface area contributed by atoms with Gasteiger partial charge >= 0.3 is 0 Å². The number of aromatic nitrogens is 1. The van der Waals surface area contributed by atoms with Crippen LogP contribution in [0.2, 0.25) is 0 Å². The molecule has 0 aliphatic carbocycles. The normalized spacial score (nSPS) is 12.7. The number of sulfonamides is 1. The standard InChI is InChI=1S/C26H28N2O3S/c1-20(27-32(29,30)24-16-14-23(31-2)15-17-24)12-13-22-19-28(18-21-8-4-3-5-9-21)26-11-7-6-10-25(22)26/h3-11,14-17,19-20,27H,12-13,18H2,1-2H3. The highest BCUT2D eigenvalue weighted by molar-refractivity contribution is 7.89. The molecular formula is C26H28N2O3S. The van der Waals surface area contributed by atoms with Gasteiger partial charge in [-0.2, -0.15) is 0 Å². The summed E-state index contributed by atoms with van der Waals surface area (Å²) in [5, 5.41) is 1.22. The predicted molar refractivity (Wildman–Crippen MR) is 129 cm³/mol. The zero-order valence-electron chi connectivity index (χ0n) is 18.4. The molecule has 0 saturated heterocycles. The Labute approximate surface area is 189 Å². The monoisotopic (exact) mass is 448 g/mol. The van der Waals surface area contributed by atoms with Gasteiger partial charge in [-0.15, -0.1) is 0 Å². The summed E-state index contributed by atoms with van der Waals surface area (Å²) in [4.78, 5) is 0.240. The van der Waals surface area contributed by atoms with E-state index in [2.05, 4.69) is 64.0 Å². The lowest BCUT2D eigenvalue weighted by molar-refractivity contribution is 0.414. The molecule has 3 aromatic carbocycles. The maximum atomic E-state index is 12.7. The number of benzene rings is 3. The van der Waals surface area contributed by atoms with E-state index in [4.69, 9.17) is 4.74 Å². The quantitative estimate of drug-likeness (QED) is 0.392. The summed E-state index contributed by atoms with van der Waals surface area (Å²) in [7, 11) is -2.02. The fraction of sp³-hybridized carbons (Fsp3) is 0.231. The first-order valence-electron chi connectivity index (χ1n) is 10.7. The molecule has 0 fully saturated rings. The molecule has 1 atom stereocenters. The van der Waals surface area contributed by atoms with Crippen molar-refractivity contribution < 1.29 is 13.2 Å². The van der Waals surface area contributed by atoms with E-state index in [0.29, 0.717) is 12.2 Å². The van der Waals surface area contributed by atoms with Crippen LogP contribution in [0.5, 0.6) is 5.75 Å². The van der Waals surface area contributed by atoms with Crippen LogP contribution in [0.4, 0.5) is 0 Å². The lowest BCUT2D eigenvalue weighted by Gasteiger charge is -2.14. The van der Waals surface area contributed by atoms with Gasteiger partial charge in [0.1, 0.15) is 5.75 Å². The smallest absolute Gasteiger partial charge is 0.240 e. The van der Waals surface area contributed by atoms with Crippen LogP contribution in [0.3, 0.4) is 0 Å². The van der Waals surface area contributed by atoms with E-state index in [1.807, 2.05) is 13.0 Å². The summed E-state index contributed by atoms with van der Waals surface area (Å²) in [6, 6.07) is 25.0. The molecule has 0 aliphatic rings.